The molecule has 0 radical (unpaired) electrons. The van der Waals surface area contributed by atoms with Crippen LogP contribution in [0.15, 0.2) is 54.6 Å². The second kappa shape index (κ2) is 13.4. The first kappa shape index (κ1) is 21.5. The van der Waals surface area contributed by atoms with E-state index in [1.165, 1.54) is 50.5 Å². The van der Waals surface area contributed by atoms with Gasteiger partial charge in [0.25, 0.3) is 0 Å². The highest BCUT2D eigenvalue weighted by Crippen LogP contribution is 2.35. The number of amides is 1. The zero-order valence-corrected chi connectivity index (χ0v) is 17.0. The fraction of sp³-hybridized carbons (Fsp3) is 0.560. The molecule has 148 valence electrons. The molecule has 0 aliphatic heterocycles. The summed E-state index contributed by atoms with van der Waals surface area (Å²) in [5, 5.41) is 2.85. The van der Waals surface area contributed by atoms with Crippen molar-refractivity contribution in [2.45, 2.75) is 71.1 Å². The zero-order chi connectivity index (χ0) is 19.2. The number of benzene rings is 1. The van der Waals surface area contributed by atoms with Crippen molar-refractivity contribution in [1.82, 2.24) is 5.32 Å². The van der Waals surface area contributed by atoms with Gasteiger partial charge in [-0.05, 0) is 75.7 Å². The lowest BCUT2D eigenvalue weighted by Gasteiger charge is -2.14. The molecule has 0 spiro atoms. The standard InChI is InChI=1S/C25H37NO/c1-2-26-25(27)21-12-4-3-10-17-23-19-13-20-24(23)18-11-6-9-16-22-14-7-5-8-15-22/h3,5,7-8,10-11,14-15,18,23-24H,2,4,6,9,12-13,16-17,19-21H2,1H3,(H,26,27). The second-order valence-electron chi connectivity index (χ2n) is 7.71. The van der Waals surface area contributed by atoms with Crippen LogP contribution in [0.1, 0.15) is 70.3 Å². The number of rotatable bonds is 12. The molecule has 0 heterocycles. The fourth-order valence-corrected chi connectivity index (χ4v) is 4.01. The summed E-state index contributed by atoms with van der Waals surface area (Å²) in [6, 6.07) is 10.8. The number of carbonyl (C=O) groups is 1. The summed E-state index contributed by atoms with van der Waals surface area (Å²) < 4.78 is 0. The first-order chi connectivity index (χ1) is 13.3. The molecule has 1 saturated carbocycles. The van der Waals surface area contributed by atoms with Crippen molar-refractivity contribution in [3.63, 3.8) is 0 Å². The molecule has 2 heteroatoms. The Kier molecular flexibility index (Phi) is 10.6. The van der Waals surface area contributed by atoms with Crippen LogP contribution in [0.5, 0.6) is 0 Å². The van der Waals surface area contributed by atoms with E-state index in [4.69, 9.17) is 0 Å². The van der Waals surface area contributed by atoms with E-state index in [1.54, 1.807) is 0 Å². The van der Waals surface area contributed by atoms with Gasteiger partial charge in [-0.15, -0.1) is 0 Å². The summed E-state index contributed by atoms with van der Waals surface area (Å²) in [4.78, 5) is 11.4. The number of aryl methyl sites for hydroxylation is 1. The van der Waals surface area contributed by atoms with Gasteiger partial charge in [0, 0.05) is 13.0 Å². The van der Waals surface area contributed by atoms with Crippen molar-refractivity contribution in [2.75, 3.05) is 6.54 Å². The van der Waals surface area contributed by atoms with E-state index < -0.39 is 0 Å². The number of allylic oxidation sites excluding steroid dienone is 4. The van der Waals surface area contributed by atoms with Crippen LogP contribution in [0.25, 0.3) is 0 Å². The van der Waals surface area contributed by atoms with Crippen molar-refractivity contribution in [2.24, 2.45) is 11.8 Å². The summed E-state index contributed by atoms with van der Waals surface area (Å²) in [6.45, 7) is 2.70. The van der Waals surface area contributed by atoms with Crippen LogP contribution in [0.2, 0.25) is 0 Å². The lowest BCUT2D eigenvalue weighted by atomic mass is 9.92. The molecule has 1 aromatic carbocycles. The Morgan fingerprint density at radius 1 is 1.07 bits per heavy atom. The molecule has 2 unspecified atom stereocenters. The molecule has 1 aliphatic rings. The third-order valence-electron chi connectivity index (χ3n) is 5.53. The first-order valence-corrected chi connectivity index (χ1v) is 10.9. The topological polar surface area (TPSA) is 29.1 Å². The van der Waals surface area contributed by atoms with Crippen molar-refractivity contribution in [3.8, 4) is 0 Å². The molecule has 0 saturated heterocycles. The largest absolute Gasteiger partial charge is 0.356 e. The van der Waals surface area contributed by atoms with E-state index in [0.29, 0.717) is 6.42 Å². The summed E-state index contributed by atoms with van der Waals surface area (Å²) in [6.07, 6.45) is 21.0. The van der Waals surface area contributed by atoms with E-state index in [2.05, 4.69) is 60.0 Å². The average molecular weight is 368 g/mol. The van der Waals surface area contributed by atoms with E-state index in [-0.39, 0.29) is 5.91 Å². The van der Waals surface area contributed by atoms with Crippen LogP contribution in [0.4, 0.5) is 0 Å². The molecular formula is C25H37NO. The molecule has 0 aromatic heterocycles. The predicted octanol–water partition coefficient (Wildman–Crippen LogP) is 6.23. The number of nitrogens with one attached hydrogen (secondary N) is 1. The number of hydrogen-bond acceptors (Lipinski definition) is 1. The van der Waals surface area contributed by atoms with E-state index in [0.717, 1.165) is 31.2 Å². The summed E-state index contributed by atoms with van der Waals surface area (Å²) in [5.41, 5.74) is 1.45. The Labute approximate surface area is 166 Å². The normalized spacial score (nSPS) is 19.9. The Morgan fingerprint density at radius 2 is 1.89 bits per heavy atom. The maximum atomic E-state index is 11.4. The van der Waals surface area contributed by atoms with E-state index in [1.807, 2.05) is 6.92 Å². The monoisotopic (exact) mass is 367 g/mol. The molecule has 2 rings (SSSR count). The minimum Gasteiger partial charge on any atom is -0.356 e. The molecule has 1 N–H and O–H groups in total. The van der Waals surface area contributed by atoms with Gasteiger partial charge in [0.2, 0.25) is 5.91 Å². The third kappa shape index (κ3) is 9.08. The Balaban J connectivity index is 1.58. The lowest BCUT2D eigenvalue weighted by Crippen LogP contribution is -2.21. The second-order valence-corrected chi connectivity index (χ2v) is 7.71. The van der Waals surface area contributed by atoms with Crippen LogP contribution in [-0.4, -0.2) is 12.5 Å². The molecular weight excluding hydrogens is 330 g/mol. The van der Waals surface area contributed by atoms with Crippen molar-refractivity contribution in [1.29, 1.82) is 0 Å². The smallest absolute Gasteiger partial charge is 0.219 e. The molecule has 27 heavy (non-hydrogen) atoms. The van der Waals surface area contributed by atoms with Crippen LogP contribution in [-0.2, 0) is 11.2 Å². The van der Waals surface area contributed by atoms with Gasteiger partial charge >= 0.3 is 0 Å². The number of unbranched alkanes of at least 4 members (excludes halogenated alkanes) is 2. The highest BCUT2D eigenvalue weighted by atomic mass is 16.1. The first-order valence-electron chi connectivity index (χ1n) is 10.9. The zero-order valence-electron chi connectivity index (χ0n) is 17.0. The van der Waals surface area contributed by atoms with Gasteiger partial charge in [-0.1, -0.05) is 61.1 Å². The minimum atomic E-state index is 0.180. The lowest BCUT2D eigenvalue weighted by molar-refractivity contribution is -0.121. The molecule has 2 atom stereocenters. The van der Waals surface area contributed by atoms with Crippen molar-refractivity contribution in [3.05, 3.63) is 60.2 Å². The van der Waals surface area contributed by atoms with Gasteiger partial charge in [0.05, 0.1) is 0 Å². The predicted molar refractivity (Wildman–Crippen MR) is 116 cm³/mol. The summed E-state index contributed by atoms with van der Waals surface area (Å²) in [5.74, 6) is 1.76. The average Bonchev–Trinajstić information content (AvgIpc) is 3.12. The molecule has 1 fully saturated rings. The van der Waals surface area contributed by atoms with Gasteiger partial charge in [0.15, 0.2) is 0 Å². The van der Waals surface area contributed by atoms with Crippen LogP contribution in [0.3, 0.4) is 0 Å². The minimum absolute atomic E-state index is 0.180. The van der Waals surface area contributed by atoms with Gasteiger partial charge in [-0.2, -0.15) is 0 Å². The van der Waals surface area contributed by atoms with Gasteiger partial charge in [0.1, 0.15) is 0 Å². The van der Waals surface area contributed by atoms with E-state index in [9.17, 15) is 4.79 Å². The number of hydrogen-bond donors (Lipinski definition) is 1. The summed E-state index contributed by atoms with van der Waals surface area (Å²) in [7, 11) is 0. The molecule has 1 aromatic rings. The van der Waals surface area contributed by atoms with Crippen LogP contribution < -0.4 is 5.32 Å². The molecule has 1 aliphatic carbocycles. The quantitative estimate of drug-likeness (QED) is 0.344. The Bertz CT molecular complexity index is 575. The fourth-order valence-electron chi connectivity index (χ4n) is 4.01. The highest BCUT2D eigenvalue weighted by Gasteiger charge is 2.23. The third-order valence-corrected chi connectivity index (χ3v) is 5.53. The van der Waals surface area contributed by atoms with Crippen LogP contribution in [0, 0.1) is 11.8 Å². The van der Waals surface area contributed by atoms with Gasteiger partial charge < -0.3 is 5.32 Å². The Morgan fingerprint density at radius 3 is 2.70 bits per heavy atom. The SMILES string of the molecule is CCNC(=O)CCCC=CCC1CCCC1C=CCCCc1ccccc1. The van der Waals surface area contributed by atoms with Crippen molar-refractivity contribution < 1.29 is 4.79 Å². The van der Waals surface area contributed by atoms with Gasteiger partial charge in [-0.25, -0.2) is 0 Å². The highest BCUT2D eigenvalue weighted by molar-refractivity contribution is 5.75. The van der Waals surface area contributed by atoms with Gasteiger partial charge in [-0.3, -0.25) is 4.79 Å². The maximum absolute atomic E-state index is 11.4. The molecule has 0 bridgehead atoms. The number of carbonyl (C=O) groups excluding carboxylic acids is 1. The van der Waals surface area contributed by atoms with Crippen LogP contribution >= 0.6 is 0 Å². The Hall–Kier alpha value is -1.83. The molecule has 1 amide bonds. The molecule has 2 nitrogen and oxygen atoms in total. The summed E-state index contributed by atoms with van der Waals surface area (Å²) >= 11 is 0. The van der Waals surface area contributed by atoms with E-state index >= 15 is 0 Å². The maximum Gasteiger partial charge on any atom is 0.219 e. The van der Waals surface area contributed by atoms with Crippen molar-refractivity contribution >= 4 is 5.91 Å².